The molecule has 25 heavy (non-hydrogen) atoms. The van der Waals surface area contributed by atoms with Crippen LogP contribution in [-0.2, 0) is 17.9 Å². The van der Waals surface area contributed by atoms with Crippen LogP contribution in [0.1, 0.15) is 42.8 Å². The summed E-state index contributed by atoms with van der Waals surface area (Å²) >= 11 is 0. The summed E-state index contributed by atoms with van der Waals surface area (Å²) in [7, 11) is 1.89. The number of likely N-dealkylation sites (tertiary alicyclic amines) is 1. The van der Waals surface area contributed by atoms with E-state index in [4.69, 9.17) is 4.98 Å². The van der Waals surface area contributed by atoms with E-state index in [-0.39, 0.29) is 11.9 Å². The summed E-state index contributed by atoms with van der Waals surface area (Å²) in [5.41, 5.74) is 2.94. The average molecular weight is 340 g/mol. The number of carbonyl (C=O) groups excluding carboxylic acids is 1. The van der Waals surface area contributed by atoms with E-state index in [1.165, 1.54) is 12.5 Å². The fraction of sp³-hybridized carbons (Fsp3) is 0.444. The third-order valence-corrected chi connectivity index (χ3v) is 4.43. The Kier molecular flexibility index (Phi) is 5.55. The van der Waals surface area contributed by atoms with E-state index >= 15 is 0 Å². The van der Waals surface area contributed by atoms with Gasteiger partial charge in [-0.25, -0.2) is 4.98 Å². The highest BCUT2D eigenvalue weighted by Crippen LogP contribution is 2.32. The van der Waals surface area contributed by atoms with Gasteiger partial charge in [-0.05, 0) is 25.5 Å². The summed E-state index contributed by atoms with van der Waals surface area (Å²) in [6.07, 6.45) is 7.54. The minimum absolute atomic E-state index is 0.0640. The van der Waals surface area contributed by atoms with E-state index in [0.29, 0.717) is 6.54 Å². The number of aromatic nitrogens is 3. The maximum absolute atomic E-state index is 11.1. The van der Waals surface area contributed by atoms with Gasteiger partial charge < -0.3 is 10.6 Å². The van der Waals surface area contributed by atoms with Gasteiger partial charge in [0, 0.05) is 32.3 Å². The number of hydrogen-bond donors (Lipinski definition) is 2. The Morgan fingerprint density at radius 2 is 2.28 bits per heavy atom. The smallest absolute Gasteiger partial charge is 0.217 e. The van der Waals surface area contributed by atoms with Crippen molar-refractivity contribution in [3.05, 3.63) is 47.7 Å². The maximum atomic E-state index is 11.1. The summed E-state index contributed by atoms with van der Waals surface area (Å²) in [5, 5.41) is 5.93. The number of pyridine rings is 1. The fourth-order valence-corrected chi connectivity index (χ4v) is 3.24. The molecule has 1 saturated heterocycles. The Labute approximate surface area is 147 Å². The standard InChI is InChI=1S/C18H24N6O/c1-13(25)22-10-15-9-20-11-16(23-15)17-6-4-8-24(17)12-14-5-3-7-21-18(14)19-2/h3,5,7,9,11,17H,4,6,8,10,12H2,1-2H3,(H,19,21)(H,22,25). The van der Waals surface area contributed by atoms with Crippen molar-refractivity contribution in [1.29, 1.82) is 0 Å². The molecule has 0 bridgehead atoms. The maximum Gasteiger partial charge on any atom is 0.217 e. The number of amides is 1. The van der Waals surface area contributed by atoms with Crippen LogP contribution in [0.2, 0.25) is 0 Å². The summed E-state index contributed by atoms with van der Waals surface area (Å²) < 4.78 is 0. The molecule has 0 spiro atoms. The van der Waals surface area contributed by atoms with Gasteiger partial charge in [0.25, 0.3) is 0 Å². The molecule has 0 saturated carbocycles. The van der Waals surface area contributed by atoms with Crippen molar-refractivity contribution in [3.8, 4) is 0 Å². The first kappa shape index (κ1) is 17.3. The SMILES string of the molecule is CNc1ncccc1CN1CCCC1c1cncc(CNC(C)=O)n1. The monoisotopic (exact) mass is 340 g/mol. The summed E-state index contributed by atoms with van der Waals surface area (Å²) in [6, 6.07) is 4.32. The first-order chi connectivity index (χ1) is 12.2. The minimum Gasteiger partial charge on any atom is -0.373 e. The number of hydrogen-bond acceptors (Lipinski definition) is 6. The molecule has 3 heterocycles. The first-order valence-corrected chi connectivity index (χ1v) is 8.58. The van der Waals surface area contributed by atoms with E-state index in [2.05, 4.69) is 31.6 Å². The number of anilines is 1. The molecule has 132 valence electrons. The quantitative estimate of drug-likeness (QED) is 0.835. The van der Waals surface area contributed by atoms with Crippen LogP contribution in [0.25, 0.3) is 0 Å². The van der Waals surface area contributed by atoms with Gasteiger partial charge in [-0.2, -0.15) is 0 Å². The van der Waals surface area contributed by atoms with Crippen molar-refractivity contribution in [2.45, 2.75) is 38.9 Å². The van der Waals surface area contributed by atoms with Crippen LogP contribution >= 0.6 is 0 Å². The van der Waals surface area contributed by atoms with Gasteiger partial charge in [-0.15, -0.1) is 0 Å². The number of rotatable bonds is 6. The highest BCUT2D eigenvalue weighted by molar-refractivity contribution is 5.72. The zero-order valence-corrected chi connectivity index (χ0v) is 14.7. The lowest BCUT2D eigenvalue weighted by atomic mass is 10.1. The van der Waals surface area contributed by atoms with Crippen LogP contribution in [0, 0.1) is 0 Å². The molecule has 2 aromatic heterocycles. The zero-order valence-electron chi connectivity index (χ0n) is 14.7. The molecule has 0 aliphatic carbocycles. The molecule has 1 atom stereocenters. The predicted octanol–water partition coefficient (Wildman–Crippen LogP) is 1.89. The normalized spacial score (nSPS) is 17.4. The molecule has 7 heteroatoms. The molecule has 1 fully saturated rings. The molecular formula is C18H24N6O. The van der Waals surface area contributed by atoms with Crippen molar-refractivity contribution in [1.82, 2.24) is 25.2 Å². The Bertz CT molecular complexity index is 735. The van der Waals surface area contributed by atoms with Crippen LogP contribution in [-0.4, -0.2) is 39.4 Å². The Morgan fingerprint density at radius 1 is 1.40 bits per heavy atom. The molecular weight excluding hydrogens is 316 g/mol. The molecule has 2 N–H and O–H groups in total. The largest absolute Gasteiger partial charge is 0.373 e. The van der Waals surface area contributed by atoms with Crippen LogP contribution in [0.3, 0.4) is 0 Å². The summed E-state index contributed by atoms with van der Waals surface area (Å²) in [4.78, 5) is 26.9. The number of nitrogens with one attached hydrogen (secondary N) is 2. The molecule has 1 aliphatic heterocycles. The average Bonchev–Trinajstić information content (AvgIpc) is 3.09. The number of nitrogens with zero attached hydrogens (tertiary/aromatic N) is 4. The zero-order chi connectivity index (χ0) is 17.6. The highest BCUT2D eigenvalue weighted by atomic mass is 16.1. The Hall–Kier alpha value is -2.54. The van der Waals surface area contributed by atoms with Crippen LogP contribution in [0.15, 0.2) is 30.7 Å². The van der Waals surface area contributed by atoms with Gasteiger partial charge in [-0.1, -0.05) is 6.07 Å². The molecule has 1 aliphatic rings. The molecule has 3 rings (SSSR count). The second kappa shape index (κ2) is 8.02. The van der Waals surface area contributed by atoms with Gasteiger partial charge >= 0.3 is 0 Å². The van der Waals surface area contributed by atoms with Gasteiger partial charge in [0.2, 0.25) is 5.91 Å². The van der Waals surface area contributed by atoms with E-state index < -0.39 is 0 Å². The van der Waals surface area contributed by atoms with Crippen molar-refractivity contribution >= 4 is 11.7 Å². The van der Waals surface area contributed by atoms with Crippen molar-refractivity contribution < 1.29 is 4.79 Å². The summed E-state index contributed by atoms with van der Waals surface area (Å²) in [6.45, 7) is 3.77. The first-order valence-electron chi connectivity index (χ1n) is 8.58. The van der Waals surface area contributed by atoms with Gasteiger partial charge in [-0.3, -0.25) is 19.7 Å². The molecule has 7 nitrogen and oxygen atoms in total. The van der Waals surface area contributed by atoms with Crippen molar-refractivity contribution in [2.24, 2.45) is 0 Å². The van der Waals surface area contributed by atoms with E-state index in [9.17, 15) is 4.79 Å². The van der Waals surface area contributed by atoms with E-state index in [1.54, 1.807) is 12.4 Å². The lowest BCUT2D eigenvalue weighted by Crippen LogP contribution is -2.25. The van der Waals surface area contributed by atoms with Gasteiger partial charge in [0.05, 0.1) is 36.4 Å². The third-order valence-electron chi connectivity index (χ3n) is 4.43. The third kappa shape index (κ3) is 4.30. The fourth-order valence-electron chi connectivity index (χ4n) is 3.24. The molecule has 1 amide bonds. The van der Waals surface area contributed by atoms with E-state index in [0.717, 1.165) is 43.1 Å². The molecule has 0 aromatic carbocycles. The van der Waals surface area contributed by atoms with Crippen LogP contribution in [0.4, 0.5) is 5.82 Å². The topological polar surface area (TPSA) is 83.0 Å². The minimum atomic E-state index is -0.0640. The molecule has 0 radical (unpaired) electrons. The van der Waals surface area contributed by atoms with Gasteiger partial charge in [0.1, 0.15) is 5.82 Å². The lowest BCUT2D eigenvalue weighted by Gasteiger charge is -2.25. The number of carbonyl (C=O) groups is 1. The Morgan fingerprint density at radius 3 is 3.08 bits per heavy atom. The second-order valence-corrected chi connectivity index (χ2v) is 6.23. The predicted molar refractivity (Wildman–Crippen MR) is 95.7 cm³/mol. The van der Waals surface area contributed by atoms with Gasteiger partial charge in [0.15, 0.2) is 0 Å². The molecule has 1 unspecified atom stereocenters. The van der Waals surface area contributed by atoms with Crippen LogP contribution in [0.5, 0.6) is 0 Å². The van der Waals surface area contributed by atoms with Crippen molar-refractivity contribution in [3.63, 3.8) is 0 Å². The van der Waals surface area contributed by atoms with E-state index in [1.807, 2.05) is 19.3 Å². The Balaban J connectivity index is 1.75. The second-order valence-electron chi connectivity index (χ2n) is 6.23. The van der Waals surface area contributed by atoms with Crippen molar-refractivity contribution in [2.75, 3.05) is 18.9 Å². The lowest BCUT2D eigenvalue weighted by molar-refractivity contribution is -0.119. The van der Waals surface area contributed by atoms with Crippen LogP contribution < -0.4 is 10.6 Å². The summed E-state index contributed by atoms with van der Waals surface area (Å²) in [5.74, 6) is 0.851. The molecule has 2 aromatic rings. The highest BCUT2D eigenvalue weighted by Gasteiger charge is 2.28.